The SMILES string of the molecule is CN(c1ncc2nc(Nc3c(F)cc(C#N)cc3Cl)n([C@H]3CC[C@H](C(N)=O)CC3)c2n1)[C@H]1CCCC[C@H]1O. The van der Waals surface area contributed by atoms with Crippen LogP contribution < -0.4 is 16.0 Å². The molecule has 0 saturated heterocycles. The van der Waals surface area contributed by atoms with Crippen LogP contribution in [0.25, 0.3) is 11.2 Å². The van der Waals surface area contributed by atoms with Crippen molar-refractivity contribution >= 4 is 46.3 Å². The summed E-state index contributed by atoms with van der Waals surface area (Å²) in [6.07, 6.45) is 7.34. The number of halogens is 2. The molecule has 2 heterocycles. The minimum absolute atomic E-state index is 0.00340. The summed E-state index contributed by atoms with van der Waals surface area (Å²) in [5, 5.41) is 22.8. The number of fused-ring (bicyclic) bond motifs is 1. The van der Waals surface area contributed by atoms with Gasteiger partial charge in [0.15, 0.2) is 5.65 Å². The number of hydrogen-bond donors (Lipinski definition) is 3. The molecule has 200 valence electrons. The zero-order chi connectivity index (χ0) is 27.0. The lowest BCUT2D eigenvalue weighted by Gasteiger charge is -2.35. The van der Waals surface area contributed by atoms with Gasteiger partial charge in [-0.2, -0.15) is 10.2 Å². The lowest BCUT2D eigenvalue weighted by molar-refractivity contribution is -0.122. The maximum absolute atomic E-state index is 14.9. The number of primary amides is 1. The van der Waals surface area contributed by atoms with Crippen molar-refractivity contribution in [2.75, 3.05) is 17.3 Å². The van der Waals surface area contributed by atoms with Crippen LogP contribution in [0.3, 0.4) is 0 Å². The van der Waals surface area contributed by atoms with Gasteiger partial charge in [0.2, 0.25) is 17.8 Å². The summed E-state index contributed by atoms with van der Waals surface area (Å²) in [7, 11) is 1.88. The maximum Gasteiger partial charge on any atom is 0.227 e. The van der Waals surface area contributed by atoms with Gasteiger partial charge in [-0.25, -0.2) is 14.4 Å². The summed E-state index contributed by atoms with van der Waals surface area (Å²) in [5.41, 5.74) is 6.73. The van der Waals surface area contributed by atoms with E-state index in [9.17, 15) is 14.3 Å². The van der Waals surface area contributed by atoms with E-state index >= 15 is 0 Å². The fraction of sp³-hybridized carbons (Fsp3) is 0.500. The maximum atomic E-state index is 14.9. The second kappa shape index (κ2) is 10.7. The van der Waals surface area contributed by atoms with E-state index in [1.165, 1.54) is 6.07 Å². The second-order valence-corrected chi connectivity index (χ2v) is 10.6. The smallest absolute Gasteiger partial charge is 0.227 e. The van der Waals surface area contributed by atoms with E-state index in [1.807, 2.05) is 22.6 Å². The van der Waals surface area contributed by atoms with Crippen LogP contribution in [0.5, 0.6) is 0 Å². The first kappa shape index (κ1) is 26.1. The molecule has 10 nitrogen and oxygen atoms in total. The molecular formula is C26H30ClFN8O2. The fourth-order valence-electron chi connectivity index (χ4n) is 5.67. The first-order valence-corrected chi connectivity index (χ1v) is 13.3. The van der Waals surface area contributed by atoms with Crippen LogP contribution >= 0.6 is 11.6 Å². The molecule has 38 heavy (non-hydrogen) atoms. The average Bonchev–Trinajstić information content (AvgIpc) is 3.27. The van der Waals surface area contributed by atoms with Crippen LogP contribution in [0.1, 0.15) is 63.0 Å². The number of aromatic nitrogens is 4. The van der Waals surface area contributed by atoms with Gasteiger partial charge in [-0.05, 0) is 50.7 Å². The number of benzene rings is 1. The largest absolute Gasteiger partial charge is 0.391 e. The molecule has 5 rings (SSSR count). The number of imidazole rings is 1. The molecule has 12 heteroatoms. The molecule has 2 aliphatic carbocycles. The number of nitrogens with two attached hydrogens (primary N) is 1. The van der Waals surface area contributed by atoms with Crippen molar-refractivity contribution in [3.63, 3.8) is 0 Å². The van der Waals surface area contributed by atoms with E-state index in [0.29, 0.717) is 48.7 Å². The van der Waals surface area contributed by atoms with E-state index in [2.05, 4.69) is 15.3 Å². The summed E-state index contributed by atoms with van der Waals surface area (Å²) >= 11 is 6.32. The highest BCUT2D eigenvalue weighted by Gasteiger charge is 2.31. The summed E-state index contributed by atoms with van der Waals surface area (Å²) < 4.78 is 16.8. The third kappa shape index (κ3) is 4.98. The van der Waals surface area contributed by atoms with E-state index in [0.717, 1.165) is 31.7 Å². The monoisotopic (exact) mass is 540 g/mol. The quantitative estimate of drug-likeness (QED) is 0.422. The van der Waals surface area contributed by atoms with Crippen LogP contribution in [0.15, 0.2) is 18.3 Å². The molecule has 4 N–H and O–H groups in total. The Bertz CT molecular complexity index is 1370. The molecule has 2 atom stereocenters. The van der Waals surface area contributed by atoms with Gasteiger partial charge in [-0.3, -0.25) is 9.36 Å². The predicted molar refractivity (Wildman–Crippen MR) is 142 cm³/mol. The number of aliphatic hydroxyl groups is 1. The molecule has 2 saturated carbocycles. The molecule has 3 aromatic rings. The Morgan fingerprint density at radius 1 is 1.24 bits per heavy atom. The third-order valence-electron chi connectivity index (χ3n) is 7.80. The van der Waals surface area contributed by atoms with Crippen LogP contribution in [0.4, 0.5) is 22.0 Å². The van der Waals surface area contributed by atoms with Crippen molar-refractivity contribution in [1.29, 1.82) is 5.26 Å². The van der Waals surface area contributed by atoms with Crippen molar-refractivity contribution in [3.8, 4) is 6.07 Å². The van der Waals surface area contributed by atoms with Crippen LogP contribution in [0, 0.1) is 23.1 Å². The first-order valence-electron chi connectivity index (χ1n) is 12.9. The summed E-state index contributed by atoms with van der Waals surface area (Å²) in [4.78, 5) is 27.7. The topological polar surface area (TPSA) is 146 Å². The molecular weight excluding hydrogens is 511 g/mol. The predicted octanol–water partition coefficient (Wildman–Crippen LogP) is 4.19. The molecule has 2 aromatic heterocycles. The first-order chi connectivity index (χ1) is 18.3. The van der Waals surface area contributed by atoms with Crippen LogP contribution in [-0.4, -0.2) is 49.7 Å². The zero-order valence-corrected chi connectivity index (χ0v) is 21.8. The Hall–Kier alpha value is -3.49. The Balaban J connectivity index is 1.56. The number of carbonyl (C=O) groups is 1. The number of rotatable bonds is 6. The van der Waals surface area contributed by atoms with E-state index in [4.69, 9.17) is 27.6 Å². The van der Waals surface area contributed by atoms with Crippen LogP contribution in [-0.2, 0) is 4.79 Å². The summed E-state index contributed by atoms with van der Waals surface area (Å²) in [5.74, 6) is -0.375. The van der Waals surface area contributed by atoms with Gasteiger partial charge in [0.25, 0.3) is 0 Å². The van der Waals surface area contributed by atoms with Gasteiger partial charge >= 0.3 is 0 Å². The Kier molecular flexibility index (Phi) is 7.36. The molecule has 1 aromatic carbocycles. The normalized spacial score (nSPS) is 23.7. The number of aliphatic hydroxyl groups excluding tert-OH is 1. The molecule has 2 aliphatic rings. The zero-order valence-electron chi connectivity index (χ0n) is 21.1. The van der Waals surface area contributed by atoms with Gasteiger partial charge in [0.1, 0.15) is 11.3 Å². The molecule has 0 radical (unpaired) electrons. The van der Waals surface area contributed by atoms with Gasteiger partial charge in [-0.15, -0.1) is 0 Å². The number of nitrogens with one attached hydrogen (secondary N) is 1. The molecule has 0 aliphatic heterocycles. The molecule has 2 fully saturated rings. The average molecular weight is 541 g/mol. The lowest BCUT2D eigenvalue weighted by atomic mass is 9.85. The number of amides is 1. The highest BCUT2D eigenvalue weighted by molar-refractivity contribution is 6.33. The van der Waals surface area contributed by atoms with Crippen molar-refractivity contribution in [2.45, 2.75) is 69.6 Å². The number of hydrogen-bond acceptors (Lipinski definition) is 8. The highest BCUT2D eigenvalue weighted by atomic mass is 35.5. The van der Waals surface area contributed by atoms with Crippen molar-refractivity contribution < 1.29 is 14.3 Å². The minimum atomic E-state index is -0.678. The van der Waals surface area contributed by atoms with Gasteiger partial charge in [-0.1, -0.05) is 24.4 Å². The van der Waals surface area contributed by atoms with E-state index < -0.39 is 11.9 Å². The van der Waals surface area contributed by atoms with Crippen molar-refractivity contribution in [2.24, 2.45) is 11.7 Å². The minimum Gasteiger partial charge on any atom is -0.391 e. The number of anilines is 3. The van der Waals surface area contributed by atoms with Crippen molar-refractivity contribution in [1.82, 2.24) is 19.5 Å². The Morgan fingerprint density at radius 2 is 1.97 bits per heavy atom. The van der Waals surface area contributed by atoms with E-state index in [-0.39, 0.29) is 40.2 Å². The molecule has 1 amide bonds. The highest BCUT2D eigenvalue weighted by Crippen LogP contribution is 2.38. The number of likely N-dealkylation sites (N-methyl/N-ethyl adjacent to an activating group) is 1. The number of nitriles is 1. The van der Waals surface area contributed by atoms with Gasteiger partial charge in [0, 0.05) is 19.0 Å². The molecule has 0 bridgehead atoms. The third-order valence-corrected chi connectivity index (χ3v) is 8.10. The standard InChI is InChI=1S/C26H30ClFN8O2/c1-35(20-4-2-3-5-21(20)37)25-31-13-19-24(34-25)36(16-8-6-15(7-9-16)23(30)38)26(32-19)33-22-17(27)10-14(12-29)11-18(22)28/h10-11,13,15-16,20-21,37H,2-9H2,1H3,(H2,30,38)(H,32,33)/t15-,16-,20-,21+/m0/s1. The molecule has 0 unspecified atom stereocenters. The van der Waals surface area contributed by atoms with Gasteiger partial charge in [0.05, 0.1) is 40.7 Å². The summed E-state index contributed by atoms with van der Waals surface area (Å²) in [6.45, 7) is 0. The Morgan fingerprint density at radius 3 is 2.63 bits per heavy atom. The second-order valence-electron chi connectivity index (χ2n) is 10.2. The molecule has 0 spiro atoms. The van der Waals surface area contributed by atoms with Crippen LogP contribution in [0.2, 0.25) is 5.02 Å². The van der Waals surface area contributed by atoms with Gasteiger partial charge < -0.3 is 21.1 Å². The fourth-order valence-corrected chi connectivity index (χ4v) is 5.92. The number of carbonyl (C=O) groups excluding carboxylic acids is 1. The van der Waals surface area contributed by atoms with Crippen molar-refractivity contribution in [3.05, 3.63) is 34.7 Å². The number of nitrogens with zero attached hydrogens (tertiary/aromatic N) is 6. The van der Waals surface area contributed by atoms with E-state index in [1.54, 1.807) is 6.20 Å². The lowest BCUT2D eigenvalue weighted by Crippen LogP contribution is -2.44. The summed E-state index contributed by atoms with van der Waals surface area (Å²) in [6, 6.07) is 4.23. The Labute approximate surface area is 224 Å².